The van der Waals surface area contributed by atoms with Crippen LogP contribution >= 0.6 is 0 Å². The number of carbonyl (C=O) groups excluding carboxylic acids is 1. The number of amides is 1. The lowest BCUT2D eigenvalue weighted by molar-refractivity contribution is 0.0591. The van der Waals surface area contributed by atoms with Gasteiger partial charge in [0.15, 0.2) is 5.65 Å². The van der Waals surface area contributed by atoms with Crippen LogP contribution in [0.4, 0.5) is 0 Å². The van der Waals surface area contributed by atoms with Gasteiger partial charge in [0.1, 0.15) is 5.52 Å². The molecule has 0 aliphatic carbocycles. The van der Waals surface area contributed by atoms with E-state index >= 15 is 0 Å². The second-order valence-corrected chi connectivity index (χ2v) is 7.47. The molecule has 7 heteroatoms. The van der Waals surface area contributed by atoms with Crippen LogP contribution in [0.2, 0.25) is 0 Å². The summed E-state index contributed by atoms with van der Waals surface area (Å²) in [6, 6.07) is 8.00. The number of nitrogens with zero attached hydrogens (tertiary/aromatic N) is 5. The van der Waals surface area contributed by atoms with E-state index in [1.165, 1.54) is 6.42 Å². The zero-order chi connectivity index (χ0) is 18.2. The summed E-state index contributed by atoms with van der Waals surface area (Å²) in [6.07, 6.45) is 7.52. The molecule has 6 rings (SSSR count). The number of hydrogen-bond acceptors (Lipinski definition) is 5. The summed E-state index contributed by atoms with van der Waals surface area (Å²) in [5.74, 6) is 0.629. The van der Waals surface area contributed by atoms with E-state index in [1.54, 1.807) is 18.7 Å². The summed E-state index contributed by atoms with van der Waals surface area (Å²) in [5.41, 5.74) is 3.09. The lowest BCUT2D eigenvalue weighted by atomic mass is 9.94. The van der Waals surface area contributed by atoms with Crippen molar-refractivity contribution >= 4 is 17.1 Å². The Labute approximate surface area is 157 Å². The topological polar surface area (TPSA) is 75.9 Å². The van der Waals surface area contributed by atoms with Gasteiger partial charge in [-0.3, -0.25) is 9.78 Å². The average Bonchev–Trinajstić information content (AvgIpc) is 2.87. The summed E-state index contributed by atoms with van der Waals surface area (Å²) in [4.78, 5) is 28.5. The zero-order valence-electron chi connectivity index (χ0n) is 15.1. The van der Waals surface area contributed by atoms with E-state index in [-0.39, 0.29) is 11.9 Å². The summed E-state index contributed by atoms with van der Waals surface area (Å²) < 4.78 is 1.96. The SMILES string of the molecule is O=C(c1cnc2c(c1)ncn2Cc1ccccn1)N1C[C@@H]2CC[C@H]1CNC2. The Balaban J connectivity index is 1.41. The molecule has 0 spiro atoms. The maximum absolute atomic E-state index is 13.1. The molecule has 138 valence electrons. The van der Waals surface area contributed by atoms with Crippen molar-refractivity contribution in [1.29, 1.82) is 0 Å². The summed E-state index contributed by atoms with van der Waals surface area (Å²) in [7, 11) is 0. The molecule has 0 aromatic carbocycles. The predicted octanol–water partition coefficient (Wildman–Crippen LogP) is 1.70. The van der Waals surface area contributed by atoms with Gasteiger partial charge in [0.25, 0.3) is 5.91 Å². The first-order valence-electron chi connectivity index (χ1n) is 9.50. The Bertz CT molecular complexity index is 965. The first kappa shape index (κ1) is 16.4. The molecule has 3 fully saturated rings. The van der Waals surface area contributed by atoms with Gasteiger partial charge in [-0.15, -0.1) is 0 Å². The van der Waals surface area contributed by atoms with E-state index in [2.05, 4.69) is 20.3 Å². The fraction of sp³-hybridized carbons (Fsp3) is 0.400. The van der Waals surface area contributed by atoms with Gasteiger partial charge in [-0.2, -0.15) is 0 Å². The molecule has 2 atom stereocenters. The second-order valence-electron chi connectivity index (χ2n) is 7.47. The summed E-state index contributed by atoms with van der Waals surface area (Å²) in [5, 5.41) is 3.47. The standard InChI is InChI=1S/C20H22N6O/c27-20(26-11-14-4-5-17(26)10-21-8-14)15-7-18-19(23-9-15)25(13-24-18)12-16-3-1-2-6-22-16/h1-3,6-7,9,13-14,17,21H,4-5,8,10-12H2/t14-,17+/m1/s1. The molecule has 3 aliphatic heterocycles. The molecule has 3 aliphatic rings. The number of carbonyl (C=O) groups is 1. The van der Waals surface area contributed by atoms with E-state index in [4.69, 9.17) is 0 Å². The maximum atomic E-state index is 13.1. The minimum atomic E-state index is 0.0714. The highest BCUT2D eigenvalue weighted by molar-refractivity contribution is 5.96. The molecule has 6 heterocycles. The number of piperidine rings is 1. The van der Waals surface area contributed by atoms with Crippen LogP contribution in [-0.4, -0.2) is 56.0 Å². The van der Waals surface area contributed by atoms with Gasteiger partial charge in [-0.05, 0) is 43.5 Å². The van der Waals surface area contributed by atoms with Crippen LogP contribution < -0.4 is 5.32 Å². The molecule has 3 aromatic rings. The molecule has 2 bridgehead atoms. The van der Waals surface area contributed by atoms with E-state index in [9.17, 15) is 4.79 Å². The van der Waals surface area contributed by atoms with Crippen LogP contribution in [0.3, 0.4) is 0 Å². The van der Waals surface area contributed by atoms with Crippen LogP contribution in [-0.2, 0) is 6.54 Å². The molecular formula is C20H22N6O. The van der Waals surface area contributed by atoms with Crippen molar-refractivity contribution in [3.63, 3.8) is 0 Å². The first-order chi connectivity index (χ1) is 13.3. The van der Waals surface area contributed by atoms with Crippen molar-refractivity contribution in [1.82, 2.24) is 29.7 Å². The lowest BCUT2D eigenvalue weighted by Crippen LogP contribution is -2.47. The molecule has 0 saturated carbocycles. The number of nitrogens with one attached hydrogen (secondary N) is 1. The second kappa shape index (κ2) is 6.74. The number of fused-ring (bicyclic) bond motifs is 5. The molecule has 0 unspecified atom stereocenters. The van der Waals surface area contributed by atoms with Gasteiger partial charge in [-0.25, -0.2) is 9.97 Å². The van der Waals surface area contributed by atoms with Gasteiger partial charge in [-0.1, -0.05) is 6.07 Å². The number of imidazole rings is 1. The van der Waals surface area contributed by atoms with Crippen LogP contribution in [0.5, 0.6) is 0 Å². The molecule has 27 heavy (non-hydrogen) atoms. The Morgan fingerprint density at radius 1 is 1.19 bits per heavy atom. The highest BCUT2D eigenvalue weighted by Gasteiger charge is 2.34. The predicted molar refractivity (Wildman–Crippen MR) is 101 cm³/mol. The van der Waals surface area contributed by atoms with Crippen molar-refractivity contribution in [3.05, 3.63) is 54.2 Å². The van der Waals surface area contributed by atoms with E-state index in [0.717, 1.165) is 42.9 Å². The normalized spacial score (nSPS) is 22.1. The Morgan fingerprint density at radius 3 is 3.04 bits per heavy atom. The van der Waals surface area contributed by atoms with Gasteiger partial charge in [0.05, 0.1) is 24.1 Å². The molecule has 3 saturated heterocycles. The molecule has 0 radical (unpaired) electrons. The maximum Gasteiger partial charge on any atom is 0.255 e. The van der Waals surface area contributed by atoms with Crippen molar-refractivity contribution < 1.29 is 4.79 Å². The molecular weight excluding hydrogens is 340 g/mol. The number of hydrogen-bond donors (Lipinski definition) is 1. The van der Waals surface area contributed by atoms with E-state index in [1.807, 2.05) is 33.7 Å². The van der Waals surface area contributed by atoms with Gasteiger partial charge in [0.2, 0.25) is 0 Å². The molecule has 1 N–H and O–H groups in total. The third-order valence-corrected chi connectivity index (χ3v) is 5.64. The highest BCUT2D eigenvalue weighted by atomic mass is 16.2. The van der Waals surface area contributed by atoms with E-state index < -0.39 is 0 Å². The lowest BCUT2D eigenvalue weighted by Gasteiger charge is -2.36. The van der Waals surface area contributed by atoms with Gasteiger partial charge >= 0.3 is 0 Å². The van der Waals surface area contributed by atoms with Crippen molar-refractivity contribution in [2.75, 3.05) is 19.6 Å². The minimum Gasteiger partial charge on any atom is -0.334 e. The van der Waals surface area contributed by atoms with Crippen molar-refractivity contribution in [2.45, 2.75) is 25.4 Å². The summed E-state index contributed by atoms with van der Waals surface area (Å²) in [6.45, 7) is 3.34. The fourth-order valence-electron chi connectivity index (χ4n) is 4.20. The van der Waals surface area contributed by atoms with Gasteiger partial charge < -0.3 is 14.8 Å². The molecule has 3 aromatic heterocycles. The minimum absolute atomic E-state index is 0.0714. The third kappa shape index (κ3) is 3.08. The van der Waals surface area contributed by atoms with Crippen molar-refractivity contribution in [2.24, 2.45) is 5.92 Å². The number of pyridine rings is 2. The average molecular weight is 362 g/mol. The number of aromatic nitrogens is 4. The van der Waals surface area contributed by atoms with Crippen LogP contribution in [0.25, 0.3) is 11.2 Å². The third-order valence-electron chi connectivity index (χ3n) is 5.64. The van der Waals surface area contributed by atoms with Crippen LogP contribution in [0, 0.1) is 5.92 Å². The fourth-order valence-corrected chi connectivity index (χ4v) is 4.20. The smallest absolute Gasteiger partial charge is 0.255 e. The number of rotatable bonds is 3. The quantitative estimate of drug-likeness (QED) is 0.767. The monoisotopic (exact) mass is 362 g/mol. The van der Waals surface area contributed by atoms with Crippen LogP contribution in [0.1, 0.15) is 28.9 Å². The Kier molecular flexibility index (Phi) is 4.09. The first-order valence-corrected chi connectivity index (χ1v) is 9.50. The van der Waals surface area contributed by atoms with Crippen molar-refractivity contribution in [3.8, 4) is 0 Å². The molecule has 7 nitrogen and oxygen atoms in total. The largest absolute Gasteiger partial charge is 0.334 e. The van der Waals surface area contributed by atoms with E-state index in [0.29, 0.717) is 18.0 Å². The van der Waals surface area contributed by atoms with Crippen LogP contribution in [0.15, 0.2) is 43.0 Å². The summed E-state index contributed by atoms with van der Waals surface area (Å²) >= 11 is 0. The zero-order valence-corrected chi connectivity index (χ0v) is 15.1. The Morgan fingerprint density at radius 2 is 2.15 bits per heavy atom. The molecule has 1 amide bonds. The Hall–Kier alpha value is -2.80. The van der Waals surface area contributed by atoms with Gasteiger partial charge in [0, 0.05) is 31.5 Å². The highest BCUT2D eigenvalue weighted by Crippen LogP contribution is 2.26.